The van der Waals surface area contributed by atoms with E-state index < -0.39 is 0 Å². The van der Waals surface area contributed by atoms with Crippen LogP contribution < -0.4 is 9.30 Å². The first kappa shape index (κ1) is 45.3. The highest BCUT2D eigenvalue weighted by atomic mass is 16.5. The molecule has 0 atom stereocenters. The molecule has 3 heterocycles. The molecule has 69 heavy (non-hydrogen) atoms. The maximum atomic E-state index is 6.86. The van der Waals surface area contributed by atoms with E-state index in [4.69, 9.17) is 9.72 Å². The summed E-state index contributed by atoms with van der Waals surface area (Å²) in [5.74, 6) is 2.35. The van der Waals surface area contributed by atoms with Gasteiger partial charge >= 0.3 is 0 Å². The lowest BCUT2D eigenvalue weighted by atomic mass is 9.77. The second-order valence-electron chi connectivity index (χ2n) is 21.7. The minimum atomic E-state index is -0.241. The first-order valence-electron chi connectivity index (χ1n) is 24.2. The van der Waals surface area contributed by atoms with E-state index in [-0.39, 0.29) is 21.7 Å². The number of rotatable bonds is 10. The monoisotopic (exact) mass is 902 g/mol. The van der Waals surface area contributed by atoms with Crippen LogP contribution in [0.5, 0.6) is 11.5 Å². The summed E-state index contributed by atoms with van der Waals surface area (Å²) >= 11 is 0. The molecule has 10 rings (SSSR count). The Balaban J connectivity index is 1.05. The van der Waals surface area contributed by atoms with Crippen molar-refractivity contribution in [2.75, 3.05) is 0 Å². The van der Waals surface area contributed by atoms with Crippen molar-refractivity contribution in [3.05, 3.63) is 234 Å². The van der Waals surface area contributed by atoms with E-state index >= 15 is 0 Å². The molecule has 3 aromatic heterocycles. The third-order valence-electron chi connectivity index (χ3n) is 14.1. The van der Waals surface area contributed by atoms with Gasteiger partial charge in [-0.15, -0.1) is 0 Å². The number of benzene rings is 7. The summed E-state index contributed by atoms with van der Waals surface area (Å²) in [6.07, 6.45) is 7.96. The predicted molar refractivity (Wildman–Crippen MR) is 285 cm³/mol. The van der Waals surface area contributed by atoms with Gasteiger partial charge in [0.1, 0.15) is 17.3 Å². The lowest BCUT2D eigenvalue weighted by Gasteiger charge is -2.27. The Hall–Kier alpha value is -7.50. The summed E-state index contributed by atoms with van der Waals surface area (Å²) in [6, 6.07) is 65.2. The van der Waals surface area contributed by atoms with Gasteiger partial charge in [-0.25, -0.2) is 4.98 Å². The molecule has 10 aromatic rings. The van der Waals surface area contributed by atoms with Crippen molar-refractivity contribution in [2.24, 2.45) is 0 Å². The van der Waals surface area contributed by atoms with Gasteiger partial charge in [0.25, 0.3) is 6.33 Å². The zero-order valence-electron chi connectivity index (χ0n) is 41.7. The topological polar surface area (TPSA) is 35.9 Å². The van der Waals surface area contributed by atoms with Crippen molar-refractivity contribution in [3.63, 3.8) is 0 Å². The van der Waals surface area contributed by atoms with Crippen molar-refractivity contribution in [2.45, 2.75) is 90.9 Å². The molecular formula is C64H62N4O. The molecule has 0 aliphatic carbocycles. The van der Waals surface area contributed by atoms with Gasteiger partial charge in [-0.1, -0.05) is 178 Å². The maximum absolute atomic E-state index is 6.86. The first-order valence-corrected chi connectivity index (χ1v) is 24.2. The lowest BCUT2D eigenvalue weighted by molar-refractivity contribution is -0.599. The van der Waals surface area contributed by atoms with Crippen molar-refractivity contribution >= 4 is 21.8 Å². The molecule has 0 unspecified atom stereocenters. The van der Waals surface area contributed by atoms with Gasteiger partial charge in [0.05, 0.1) is 28.1 Å². The SMILES string of the molecule is CC(C)(C)c1ccc2c(c1)c1ccc(Oc3cccc(-n4[c-][n+](-c5cc(-c6ccccc6)cc(C(C)(C)c6ccccc6)c5)cc4C(C)(C)C)c3)cc1n2-c1cc(C(C)(C)c2ccccc2)ccn1. The molecule has 5 nitrogen and oxygen atoms in total. The van der Waals surface area contributed by atoms with Gasteiger partial charge in [-0.2, -0.15) is 0 Å². The zero-order chi connectivity index (χ0) is 48.3. The molecule has 5 heteroatoms. The van der Waals surface area contributed by atoms with Gasteiger partial charge in [-0.3, -0.25) is 13.7 Å². The van der Waals surface area contributed by atoms with Crippen LogP contribution in [0.25, 0.3) is 50.1 Å². The highest BCUT2D eigenvalue weighted by Gasteiger charge is 2.28. The number of nitrogens with zero attached hydrogens (tertiary/aromatic N) is 4. The predicted octanol–water partition coefficient (Wildman–Crippen LogP) is 15.8. The Kier molecular flexibility index (Phi) is 11.3. The Labute approximate surface area is 408 Å². The third kappa shape index (κ3) is 8.67. The summed E-state index contributed by atoms with van der Waals surface area (Å²) in [6.45, 7) is 22.8. The Bertz CT molecular complexity index is 3470. The number of hydrogen-bond donors (Lipinski definition) is 0. The van der Waals surface area contributed by atoms with Gasteiger partial charge in [0, 0.05) is 40.1 Å². The molecule has 0 saturated heterocycles. The minimum absolute atomic E-state index is 0.00769. The second-order valence-corrected chi connectivity index (χ2v) is 21.7. The summed E-state index contributed by atoms with van der Waals surface area (Å²) in [5, 5.41) is 2.34. The Morgan fingerprint density at radius 1 is 0.464 bits per heavy atom. The molecule has 344 valence electrons. The zero-order valence-corrected chi connectivity index (χ0v) is 41.7. The van der Waals surface area contributed by atoms with E-state index in [0.29, 0.717) is 0 Å². The molecule has 0 bridgehead atoms. The first-order chi connectivity index (χ1) is 32.9. The van der Waals surface area contributed by atoms with Crippen LogP contribution >= 0.6 is 0 Å². The molecule has 0 aliphatic heterocycles. The fraction of sp³-hybridized carbons (Fsp3) is 0.219. The van der Waals surface area contributed by atoms with Crippen LogP contribution in [0, 0.1) is 6.33 Å². The van der Waals surface area contributed by atoms with E-state index in [2.05, 4.69) is 271 Å². The fourth-order valence-electron chi connectivity index (χ4n) is 9.71. The highest BCUT2D eigenvalue weighted by molar-refractivity contribution is 6.09. The molecule has 0 aliphatic rings. The number of imidazole rings is 1. The lowest BCUT2D eigenvalue weighted by Crippen LogP contribution is -2.30. The maximum Gasteiger partial charge on any atom is 0.269 e. The quantitative estimate of drug-likeness (QED) is 0.101. The van der Waals surface area contributed by atoms with Crippen molar-refractivity contribution < 1.29 is 9.30 Å². The van der Waals surface area contributed by atoms with Crippen molar-refractivity contribution in [1.82, 2.24) is 14.1 Å². The van der Waals surface area contributed by atoms with Gasteiger partial charge in [0.2, 0.25) is 0 Å². The summed E-state index contributed by atoms with van der Waals surface area (Å²) in [7, 11) is 0. The molecule has 7 aromatic carbocycles. The number of hydrogen-bond acceptors (Lipinski definition) is 2. The molecule has 0 N–H and O–H groups in total. The van der Waals surface area contributed by atoms with Crippen LogP contribution in [0.4, 0.5) is 0 Å². The number of pyridine rings is 1. The standard InChI is InChI=1S/C64H62N4O/c1-61(2,3)48-29-32-57-56(38-48)55-31-30-54(41-58(55)68(57)60-39-49(33-34-65-60)63(7,8)46-23-16-12-17-24-46)69-53-28-20-27-51(40-53)67-43-66(42-59(67)62(4,5)6)52-36-45(44-21-14-11-15-22-44)35-50(37-52)64(9,10)47-25-18-13-19-26-47/h11-42H,1-10H3. The fourth-order valence-corrected chi connectivity index (χ4v) is 9.71. The summed E-state index contributed by atoms with van der Waals surface area (Å²) < 4.78 is 13.5. The average molecular weight is 903 g/mol. The summed E-state index contributed by atoms with van der Waals surface area (Å²) in [5.41, 5.74) is 13.2. The second kappa shape index (κ2) is 17.2. The Morgan fingerprint density at radius 2 is 1.12 bits per heavy atom. The smallest absolute Gasteiger partial charge is 0.269 e. The molecule has 0 amide bonds. The number of aromatic nitrogens is 4. The number of fused-ring (bicyclic) bond motifs is 3. The molecule has 0 saturated carbocycles. The van der Waals surface area contributed by atoms with Crippen LogP contribution in [-0.4, -0.2) is 14.1 Å². The van der Waals surface area contributed by atoms with Gasteiger partial charge in [0.15, 0.2) is 0 Å². The van der Waals surface area contributed by atoms with Crippen LogP contribution in [0.2, 0.25) is 0 Å². The molecular weight excluding hydrogens is 841 g/mol. The normalized spacial score (nSPS) is 12.5. The highest BCUT2D eigenvalue weighted by Crippen LogP contribution is 2.40. The van der Waals surface area contributed by atoms with Crippen molar-refractivity contribution in [3.8, 4) is 39.8 Å². The minimum Gasteiger partial charge on any atom is -0.458 e. The Morgan fingerprint density at radius 3 is 1.78 bits per heavy atom. The molecule has 0 fully saturated rings. The third-order valence-corrected chi connectivity index (χ3v) is 14.1. The van der Waals surface area contributed by atoms with Gasteiger partial charge in [-0.05, 0) is 117 Å². The van der Waals surface area contributed by atoms with Crippen LogP contribution in [0.15, 0.2) is 194 Å². The van der Waals surface area contributed by atoms with Crippen LogP contribution in [-0.2, 0) is 21.7 Å². The summed E-state index contributed by atoms with van der Waals surface area (Å²) in [4.78, 5) is 5.04. The molecule has 0 spiro atoms. The van der Waals surface area contributed by atoms with E-state index in [0.717, 1.165) is 50.8 Å². The van der Waals surface area contributed by atoms with E-state index in [1.54, 1.807) is 0 Å². The average Bonchev–Trinajstić information content (AvgIpc) is 3.95. The van der Waals surface area contributed by atoms with E-state index in [9.17, 15) is 0 Å². The van der Waals surface area contributed by atoms with Crippen LogP contribution in [0.3, 0.4) is 0 Å². The van der Waals surface area contributed by atoms with Crippen molar-refractivity contribution in [1.29, 1.82) is 0 Å². The van der Waals surface area contributed by atoms with E-state index in [1.165, 1.54) is 44.3 Å². The van der Waals surface area contributed by atoms with E-state index in [1.807, 2.05) is 12.3 Å². The molecule has 0 radical (unpaired) electrons. The number of ether oxygens (including phenoxy) is 1. The largest absolute Gasteiger partial charge is 0.458 e. The van der Waals surface area contributed by atoms with Crippen LogP contribution in [0.1, 0.15) is 103 Å². The van der Waals surface area contributed by atoms with Gasteiger partial charge < -0.3 is 4.74 Å².